The number of carbonyl (C=O) groups excluding carboxylic acids is 1. The van der Waals surface area contributed by atoms with Gasteiger partial charge in [0.15, 0.2) is 0 Å². The van der Waals surface area contributed by atoms with E-state index in [2.05, 4.69) is 10.1 Å². The Bertz CT molecular complexity index is 819. The van der Waals surface area contributed by atoms with E-state index in [9.17, 15) is 4.79 Å². The summed E-state index contributed by atoms with van der Waals surface area (Å²) in [4.78, 5) is 18.1. The van der Waals surface area contributed by atoms with Crippen LogP contribution in [0.3, 0.4) is 0 Å². The van der Waals surface area contributed by atoms with Gasteiger partial charge in [-0.2, -0.15) is 4.98 Å². The van der Waals surface area contributed by atoms with Gasteiger partial charge in [-0.25, -0.2) is 0 Å². The van der Waals surface area contributed by atoms with E-state index in [4.69, 9.17) is 9.26 Å². The Kier molecular flexibility index (Phi) is 5.98. The molecule has 3 aromatic rings. The number of nitrogens with zero attached hydrogens (tertiary/aromatic N) is 3. The van der Waals surface area contributed by atoms with E-state index >= 15 is 0 Å². The summed E-state index contributed by atoms with van der Waals surface area (Å²) in [5.41, 5.74) is 0.884. The van der Waals surface area contributed by atoms with E-state index in [0.29, 0.717) is 31.2 Å². The van der Waals surface area contributed by atoms with Gasteiger partial charge in [0.05, 0.1) is 13.2 Å². The second kappa shape index (κ2) is 8.80. The van der Waals surface area contributed by atoms with Crippen LogP contribution in [0.15, 0.2) is 65.2 Å². The Morgan fingerprint density at radius 1 is 1.08 bits per heavy atom. The van der Waals surface area contributed by atoms with Crippen molar-refractivity contribution >= 4 is 5.91 Å². The molecule has 0 bridgehead atoms. The summed E-state index contributed by atoms with van der Waals surface area (Å²) in [6.07, 6.45) is 1.06. The molecule has 0 saturated carbocycles. The maximum absolute atomic E-state index is 12.2. The topological polar surface area (TPSA) is 68.5 Å². The minimum absolute atomic E-state index is 0.0149. The van der Waals surface area contributed by atoms with Crippen molar-refractivity contribution in [2.24, 2.45) is 0 Å². The van der Waals surface area contributed by atoms with Crippen molar-refractivity contribution in [2.75, 3.05) is 13.7 Å². The van der Waals surface area contributed by atoms with E-state index in [-0.39, 0.29) is 12.5 Å². The predicted molar refractivity (Wildman–Crippen MR) is 97.4 cm³/mol. The van der Waals surface area contributed by atoms with E-state index in [1.54, 1.807) is 11.9 Å². The van der Waals surface area contributed by atoms with Gasteiger partial charge in [-0.05, 0) is 18.6 Å². The maximum atomic E-state index is 12.2. The van der Waals surface area contributed by atoms with Crippen LogP contribution in [0.5, 0.6) is 5.75 Å². The van der Waals surface area contributed by atoms with E-state index in [0.717, 1.165) is 11.3 Å². The SMILES string of the molecule is CN(Cc1nc(-c2ccccc2)no1)C(=O)CCCOc1ccccc1. The molecule has 0 N–H and O–H groups in total. The van der Waals surface area contributed by atoms with Gasteiger partial charge in [-0.3, -0.25) is 4.79 Å². The van der Waals surface area contributed by atoms with Gasteiger partial charge < -0.3 is 14.2 Å². The Labute approximate surface area is 152 Å². The number of amides is 1. The van der Waals surface area contributed by atoms with Crippen LogP contribution in [0, 0.1) is 0 Å². The average molecular weight is 351 g/mol. The lowest BCUT2D eigenvalue weighted by Crippen LogP contribution is -2.26. The van der Waals surface area contributed by atoms with Crippen molar-refractivity contribution in [3.05, 3.63) is 66.6 Å². The normalized spacial score (nSPS) is 10.5. The molecule has 26 heavy (non-hydrogen) atoms. The monoisotopic (exact) mass is 351 g/mol. The first-order valence-corrected chi connectivity index (χ1v) is 8.52. The number of ether oxygens (including phenoxy) is 1. The summed E-state index contributed by atoms with van der Waals surface area (Å²) in [6.45, 7) is 0.792. The molecule has 6 heteroatoms. The van der Waals surface area contributed by atoms with E-state index in [1.807, 2.05) is 60.7 Å². The molecule has 1 heterocycles. The third-order valence-corrected chi connectivity index (χ3v) is 3.85. The molecule has 0 spiro atoms. The first-order chi connectivity index (χ1) is 12.7. The molecule has 0 fully saturated rings. The highest BCUT2D eigenvalue weighted by molar-refractivity contribution is 5.75. The minimum Gasteiger partial charge on any atom is -0.494 e. The fourth-order valence-corrected chi connectivity index (χ4v) is 2.44. The highest BCUT2D eigenvalue weighted by Crippen LogP contribution is 2.15. The van der Waals surface area contributed by atoms with Crippen molar-refractivity contribution in [3.8, 4) is 17.1 Å². The van der Waals surface area contributed by atoms with Gasteiger partial charge >= 0.3 is 0 Å². The van der Waals surface area contributed by atoms with Crippen LogP contribution in [0.2, 0.25) is 0 Å². The van der Waals surface area contributed by atoms with Crippen LogP contribution in [0.25, 0.3) is 11.4 Å². The number of benzene rings is 2. The van der Waals surface area contributed by atoms with Crippen molar-refractivity contribution < 1.29 is 14.1 Å². The zero-order valence-electron chi connectivity index (χ0n) is 14.7. The Hall–Kier alpha value is -3.15. The number of hydrogen-bond acceptors (Lipinski definition) is 5. The average Bonchev–Trinajstić information content (AvgIpc) is 3.15. The molecule has 0 saturated heterocycles. The number of para-hydroxylation sites is 1. The van der Waals surface area contributed by atoms with Crippen LogP contribution >= 0.6 is 0 Å². The first-order valence-electron chi connectivity index (χ1n) is 8.52. The van der Waals surface area contributed by atoms with Crippen LogP contribution in [-0.4, -0.2) is 34.6 Å². The number of carbonyl (C=O) groups is 1. The van der Waals surface area contributed by atoms with E-state index in [1.165, 1.54) is 0 Å². The summed E-state index contributed by atoms with van der Waals surface area (Å²) in [5.74, 6) is 1.77. The molecule has 134 valence electrons. The number of rotatable bonds is 8. The highest BCUT2D eigenvalue weighted by atomic mass is 16.5. The van der Waals surface area contributed by atoms with Gasteiger partial charge in [0.25, 0.3) is 0 Å². The summed E-state index contributed by atoms with van der Waals surface area (Å²) in [5, 5.41) is 3.96. The molecule has 0 radical (unpaired) electrons. The van der Waals surface area contributed by atoms with Gasteiger partial charge in [0.2, 0.25) is 17.6 Å². The zero-order valence-corrected chi connectivity index (χ0v) is 14.7. The summed E-state index contributed by atoms with van der Waals surface area (Å²) in [7, 11) is 1.73. The van der Waals surface area contributed by atoms with Gasteiger partial charge in [-0.15, -0.1) is 0 Å². The molecule has 3 rings (SSSR count). The third-order valence-electron chi connectivity index (χ3n) is 3.85. The summed E-state index contributed by atoms with van der Waals surface area (Å²) < 4.78 is 10.8. The minimum atomic E-state index is 0.0149. The van der Waals surface area contributed by atoms with Crippen LogP contribution < -0.4 is 4.74 Å². The summed E-state index contributed by atoms with van der Waals surface area (Å²) >= 11 is 0. The zero-order chi connectivity index (χ0) is 18.2. The van der Waals surface area contributed by atoms with Crippen molar-refractivity contribution in [1.82, 2.24) is 15.0 Å². The van der Waals surface area contributed by atoms with Crippen molar-refractivity contribution in [3.63, 3.8) is 0 Å². The molecule has 0 aliphatic heterocycles. The second-order valence-electron chi connectivity index (χ2n) is 5.89. The van der Waals surface area contributed by atoms with Crippen molar-refractivity contribution in [2.45, 2.75) is 19.4 Å². The van der Waals surface area contributed by atoms with Crippen molar-refractivity contribution in [1.29, 1.82) is 0 Å². The molecule has 2 aromatic carbocycles. The molecular formula is C20H21N3O3. The highest BCUT2D eigenvalue weighted by Gasteiger charge is 2.14. The fraction of sp³-hybridized carbons (Fsp3) is 0.250. The molecule has 0 unspecified atom stereocenters. The first kappa shape index (κ1) is 17.7. The fourth-order valence-electron chi connectivity index (χ4n) is 2.44. The molecular weight excluding hydrogens is 330 g/mol. The third kappa shape index (κ3) is 4.92. The number of hydrogen-bond donors (Lipinski definition) is 0. The number of aromatic nitrogens is 2. The largest absolute Gasteiger partial charge is 0.494 e. The van der Waals surface area contributed by atoms with Gasteiger partial charge in [0.1, 0.15) is 5.75 Å². The van der Waals surface area contributed by atoms with Crippen LogP contribution in [0.4, 0.5) is 0 Å². The Morgan fingerprint density at radius 3 is 2.50 bits per heavy atom. The molecule has 0 aliphatic carbocycles. The lowest BCUT2D eigenvalue weighted by atomic mass is 10.2. The molecule has 1 aromatic heterocycles. The smallest absolute Gasteiger partial charge is 0.246 e. The molecule has 1 amide bonds. The Morgan fingerprint density at radius 2 is 1.77 bits per heavy atom. The van der Waals surface area contributed by atoms with Crippen LogP contribution in [-0.2, 0) is 11.3 Å². The van der Waals surface area contributed by atoms with E-state index < -0.39 is 0 Å². The second-order valence-corrected chi connectivity index (χ2v) is 5.89. The summed E-state index contributed by atoms with van der Waals surface area (Å²) in [6, 6.07) is 19.2. The lowest BCUT2D eigenvalue weighted by molar-refractivity contribution is -0.131. The lowest BCUT2D eigenvalue weighted by Gasteiger charge is -2.14. The van der Waals surface area contributed by atoms with Gasteiger partial charge in [-0.1, -0.05) is 53.7 Å². The standard InChI is InChI=1S/C20H21N3O3/c1-23(19(24)13-8-14-25-17-11-6-3-7-12-17)15-18-21-20(22-26-18)16-9-4-2-5-10-16/h2-7,9-12H,8,13-15H2,1H3. The maximum Gasteiger partial charge on any atom is 0.246 e. The van der Waals surface area contributed by atoms with Crippen LogP contribution in [0.1, 0.15) is 18.7 Å². The molecule has 6 nitrogen and oxygen atoms in total. The quantitative estimate of drug-likeness (QED) is 0.581. The Balaban J connectivity index is 1.43. The predicted octanol–water partition coefficient (Wildman–Crippen LogP) is 3.55. The molecule has 0 aliphatic rings. The molecule has 0 atom stereocenters. The van der Waals surface area contributed by atoms with Gasteiger partial charge in [0, 0.05) is 19.0 Å².